The molecule has 0 aliphatic carbocycles. The minimum atomic E-state index is -1.32. The van der Waals surface area contributed by atoms with Gasteiger partial charge in [-0.3, -0.25) is 4.79 Å². The first-order chi connectivity index (χ1) is 6.00. The van der Waals surface area contributed by atoms with Gasteiger partial charge in [-0.15, -0.1) is 0 Å². The number of nitrogens with zero attached hydrogens (tertiary/aromatic N) is 1. The van der Waals surface area contributed by atoms with Gasteiger partial charge >= 0.3 is 6.16 Å². The van der Waals surface area contributed by atoms with Gasteiger partial charge in [0.05, 0.1) is 13.0 Å². The van der Waals surface area contributed by atoms with Crippen molar-refractivity contribution >= 4 is 12.1 Å². The summed E-state index contributed by atoms with van der Waals surface area (Å²) in [7, 11) is 0. The van der Waals surface area contributed by atoms with Crippen LogP contribution in [-0.4, -0.2) is 40.8 Å². The van der Waals surface area contributed by atoms with Crippen LogP contribution in [0.25, 0.3) is 0 Å². The molecule has 1 amide bonds. The third-order valence-corrected chi connectivity index (χ3v) is 2.01. The molecule has 1 saturated heterocycles. The fourth-order valence-electron chi connectivity index (χ4n) is 1.42. The maximum Gasteiger partial charge on any atom is 0.506 e. The first-order valence-electron chi connectivity index (χ1n) is 4.19. The molecule has 1 heterocycles. The summed E-state index contributed by atoms with van der Waals surface area (Å²) in [6, 6.07) is 0.106. The van der Waals surface area contributed by atoms with Crippen LogP contribution in [0.3, 0.4) is 0 Å². The molecule has 1 atom stereocenters. The van der Waals surface area contributed by atoms with Crippen LogP contribution >= 0.6 is 0 Å². The molecular formula is C8H13NO4. The molecule has 0 aromatic carbocycles. The van der Waals surface area contributed by atoms with E-state index in [-0.39, 0.29) is 18.4 Å². The largest absolute Gasteiger partial charge is 0.506 e. The van der Waals surface area contributed by atoms with Gasteiger partial charge in [0.15, 0.2) is 0 Å². The van der Waals surface area contributed by atoms with E-state index in [1.165, 1.54) is 0 Å². The lowest BCUT2D eigenvalue weighted by molar-refractivity contribution is -0.129. The number of carbonyl (C=O) groups is 2. The van der Waals surface area contributed by atoms with Crippen LogP contribution in [0.4, 0.5) is 4.79 Å². The first kappa shape index (κ1) is 9.83. The zero-order valence-electron chi connectivity index (χ0n) is 7.69. The van der Waals surface area contributed by atoms with Crippen molar-refractivity contribution in [2.45, 2.75) is 32.4 Å². The monoisotopic (exact) mass is 187 g/mol. The lowest BCUT2D eigenvalue weighted by Gasteiger charge is -2.20. The Labute approximate surface area is 76.3 Å². The summed E-state index contributed by atoms with van der Waals surface area (Å²) in [6.07, 6.45) is -1.64. The number of ether oxygens (including phenoxy) is 1. The quantitative estimate of drug-likeness (QED) is 0.646. The van der Waals surface area contributed by atoms with E-state index < -0.39 is 12.3 Å². The maximum atomic E-state index is 11.3. The van der Waals surface area contributed by atoms with Crippen molar-refractivity contribution in [3.63, 3.8) is 0 Å². The zero-order chi connectivity index (χ0) is 10.0. The standard InChI is InChI=1S/C8H13NO4/c1-5(2)9-4-6(3-7(9)10)13-8(11)12/h5-6H,3-4H2,1-2H3,(H,11,12). The van der Waals surface area contributed by atoms with Crippen LogP contribution in [0.15, 0.2) is 0 Å². The first-order valence-corrected chi connectivity index (χ1v) is 4.19. The molecule has 1 unspecified atom stereocenters. The minimum absolute atomic E-state index is 0.0405. The van der Waals surface area contributed by atoms with E-state index in [0.717, 1.165) is 0 Å². The van der Waals surface area contributed by atoms with Crippen molar-refractivity contribution in [3.05, 3.63) is 0 Å². The van der Waals surface area contributed by atoms with Gasteiger partial charge in [0.1, 0.15) is 6.10 Å². The molecule has 1 N–H and O–H groups in total. The Hall–Kier alpha value is -1.26. The van der Waals surface area contributed by atoms with Crippen molar-refractivity contribution in [2.24, 2.45) is 0 Å². The Morgan fingerprint density at radius 2 is 2.31 bits per heavy atom. The average Bonchev–Trinajstić information content (AvgIpc) is 2.29. The SMILES string of the molecule is CC(C)N1CC(OC(=O)O)CC1=O. The molecule has 0 aromatic heterocycles. The molecule has 0 bridgehead atoms. The normalized spacial score (nSPS) is 22.5. The lowest BCUT2D eigenvalue weighted by atomic mass is 10.3. The maximum absolute atomic E-state index is 11.3. The van der Waals surface area contributed by atoms with Crippen LogP contribution in [-0.2, 0) is 9.53 Å². The number of amides is 1. The molecule has 1 fully saturated rings. The van der Waals surface area contributed by atoms with E-state index in [1.54, 1.807) is 4.90 Å². The van der Waals surface area contributed by atoms with Crippen LogP contribution in [0.5, 0.6) is 0 Å². The third kappa shape index (κ3) is 2.34. The second-order valence-electron chi connectivity index (χ2n) is 3.35. The van der Waals surface area contributed by atoms with Crippen molar-refractivity contribution in [3.8, 4) is 0 Å². The van der Waals surface area contributed by atoms with Crippen molar-refractivity contribution in [1.82, 2.24) is 4.90 Å². The highest BCUT2D eigenvalue weighted by Crippen LogP contribution is 2.16. The van der Waals surface area contributed by atoms with Gasteiger partial charge in [-0.25, -0.2) is 4.79 Å². The second kappa shape index (κ2) is 3.64. The number of carboxylic acid groups (broad SMARTS) is 1. The lowest BCUT2D eigenvalue weighted by Crippen LogP contribution is -2.33. The van der Waals surface area contributed by atoms with E-state index in [2.05, 4.69) is 4.74 Å². The van der Waals surface area contributed by atoms with E-state index in [4.69, 9.17) is 5.11 Å². The molecule has 1 aliphatic rings. The molecule has 1 aliphatic heterocycles. The number of rotatable bonds is 2. The number of likely N-dealkylation sites (tertiary alicyclic amines) is 1. The Morgan fingerprint density at radius 1 is 1.69 bits per heavy atom. The number of hydrogen-bond acceptors (Lipinski definition) is 3. The van der Waals surface area contributed by atoms with Gasteiger partial charge in [-0.2, -0.15) is 0 Å². The summed E-state index contributed by atoms with van der Waals surface area (Å²) in [6.45, 7) is 4.16. The van der Waals surface area contributed by atoms with E-state index in [9.17, 15) is 9.59 Å². The average molecular weight is 187 g/mol. The summed E-state index contributed by atoms with van der Waals surface area (Å²) in [5.74, 6) is -0.0405. The molecular weight excluding hydrogens is 174 g/mol. The van der Waals surface area contributed by atoms with Gasteiger partial charge in [-0.05, 0) is 13.8 Å². The molecule has 0 spiro atoms. The van der Waals surface area contributed by atoms with E-state index in [0.29, 0.717) is 6.54 Å². The molecule has 13 heavy (non-hydrogen) atoms. The van der Waals surface area contributed by atoms with Gasteiger partial charge in [-0.1, -0.05) is 0 Å². The molecule has 0 aromatic rings. The van der Waals surface area contributed by atoms with E-state index >= 15 is 0 Å². The highest BCUT2D eigenvalue weighted by Gasteiger charge is 2.33. The van der Waals surface area contributed by atoms with Crippen molar-refractivity contribution < 1.29 is 19.4 Å². The Bertz CT molecular complexity index is 226. The number of hydrogen-bond donors (Lipinski definition) is 1. The van der Waals surface area contributed by atoms with Gasteiger partial charge < -0.3 is 14.7 Å². The summed E-state index contributed by atoms with van der Waals surface area (Å²) in [5.41, 5.74) is 0. The third-order valence-electron chi connectivity index (χ3n) is 2.01. The summed E-state index contributed by atoms with van der Waals surface area (Å²) in [4.78, 5) is 23.1. The fourth-order valence-corrected chi connectivity index (χ4v) is 1.42. The van der Waals surface area contributed by atoms with Crippen LogP contribution in [0.2, 0.25) is 0 Å². The van der Waals surface area contributed by atoms with Gasteiger partial charge in [0, 0.05) is 6.04 Å². The molecule has 74 valence electrons. The molecule has 0 radical (unpaired) electrons. The van der Waals surface area contributed by atoms with Crippen molar-refractivity contribution in [1.29, 1.82) is 0 Å². The highest BCUT2D eigenvalue weighted by atomic mass is 16.7. The minimum Gasteiger partial charge on any atom is -0.450 e. The Balaban J connectivity index is 2.50. The highest BCUT2D eigenvalue weighted by molar-refractivity contribution is 5.79. The van der Waals surface area contributed by atoms with Crippen LogP contribution < -0.4 is 0 Å². The molecule has 1 rings (SSSR count). The van der Waals surface area contributed by atoms with Crippen LogP contribution in [0, 0.1) is 0 Å². The Kier molecular flexibility index (Phi) is 2.75. The molecule has 5 heteroatoms. The molecule has 0 saturated carbocycles. The summed E-state index contributed by atoms with van der Waals surface area (Å²) >= 11 is 0. The smallest absolute Gasteiger partial charge is 0.450 e. The second-order valence-corrected chi connectivity index (χ2v) is 3.35. The predicted molar refractivity (Wildman–Crippen MR) is 44.4 cm³/mol. The van der Waals surface area contributed by atoms with Gasteiger partial charge in [0.2, 0.25) is 5.91 Å². The summed E-state index contributed by atoms with van der Waals surface area (Å²) < 4.78 is 4.52. The fraction of sp³-hybridized carbons (Fsp3) is 0.750. The van der Waals surface area contributed by atoms with Gasteiger partial charge in [0.25, 0.3) is 0 Å². The predicted octanol–water partition coefficient (Wildman–Crippen LogP) is 0.690. The van der Waals surface area contributed by atoms with Crippen molar-refractivity contribution in [2.75, 3.05) is 6.54 Å². The number of carbonyl (C=O) groups excluding carboxylic acids is 1. The Morgan fingerprint density at radius 3 is 2.69 bits per heavy atom. The summed E-state index contributed by atoms with van der Waals surface area (Å²) in [5, 5.41) is 8.33. The zero-order valence-corrected chi connectivity index (χ0v) is 7.69. The van der Waals surface area contributed by atoms with E-state index in [1.807, 2.05) is 13.8 Å². The van der Waals surface area contributed by atoms with Crippen LogP contribution in [0.1, 0.15) is 20.3 Å². The molecule has 5 nitrogen and oxygen atoms in total. The topological polar surface area (TPSA) is 66.8 Å².